The van der Waals surface area contributed by atoms with Crippen LogP contribution >= 0.6 is 0 Å². The average Bonchev–Trinajstić information content (AvgIpc) is 3.81. The molecule has 5 nitrogen and oxygen atoms in total. The first-order valence-electron chi connectivity index (χ1n) is 19.7. The standard InChI is InChI=1S/C53H31N5/c1-3-13-33(14-4-1)52-55-49(37-23-22-32-12-7-8-17-35(32)30-37)42-26-24-36-31-38(25-27-39(36)50(42)56-52)57-45-21-11-19-41-40-18-9-10-20-44(40)58-51-43(28-29-46(57)48(51)47(41)45)54-53(58)34-15-5-2-6-16-34/h1-31H. The third-order valence-electron chi connectivity index (χ3n) is 12.0. The molecule has 0 unspecified atom stereocenters. The van der Waals surface area contributed by atoms with Crippen LogP contribution in [0.25, 0.3) is 121 Å². The van der Waals surface area contributed by atoms with E-state index in [0.717, 1.165) is 83.2 Å². The predicted molar refractivity (Wildman–Crippen MR) is 240 cm³/mol. The van der Waals surface area contributed by atoms with Gasteiger partial charge < -0.3 is 4.57 Å². The molecule has 0 saturated carbocycles. The molecule has 4 aromatic heterocycles. The van der Waals surface area contributed by atoms with Crippen molar-refractivity contribution in [1.29, 1.82) is 0 Å². The summed E-state index contributed by atoms with van der Waals surface area (Å²) in [4.78, 5) is 15.8. The third kappa shape index (κ3) is 4.38. The van der Waals surface area contributed by atoms with Crippen LogP contribution in [-0.4, -0.2) is 23.9 Å². The van der Waals surface area contributed by atoms with Crippen molar-refractivity contribution in [3.05, 3.63) is 188 Å². The fourth-order valence-corrected chi connectivity index (χ4v) is 9.44. The van der Waals surface area contributed by atoms with E-state index in [1.807, 2.05) is 18.2 Å². The number of rotatable bonds is 4. The molecule has 13 aromatic rings. The van der Waals surface area contributed by atoms with Crippen LogP contribution in [0, 0.1) is 0 Å². The molecule has 0 atom stereocenters. The Bertz CT molecular complexity index is 3790. The van der Waals surface area contributed by atoms with Crippen molar-refractivity contribution in [3.8, 4) is 39.7 Å². The van der Waals surface area contributed by atoms with Gasteiger partial charge in [-0.1, -0.05) is 140 Å². The Hall–Kier alpha value is -7.89. The average molecular weight is 738 g/mol. The van der Waals surface area contributed by atoms with E-state index in [9.17, 15) is 0 Å². The maximum Gasteiger partial charge on any atom is 0.160 e. The molecule has 0 fully saturated rings. The van der Waals surface area contributed by atoms with Gasteiger partial charge in [0, 0.05) is 49.3 Å². The summed E-state index contributed by atoms with van der Waals surface area (Å²) in [5.74, 6) is 1.66. The Kier molecular flexibility index (Phi) is 6.38. The zero-order valence-corrected chi connectivity index (χ0v) is 31.1. The maximum atomic E-state index is 5.31. The zero-order valence-electron chi connectivity index (χ0n) is 31.1. The van der Waals surface area contributed by atoms with Gasteiger partial charge in [-0.2, -0.15) is 0 Å². The topological polar surface area (TPSA) is 48.0 Å². The SMILES string of the molecule is c1ccc(-c2nc(-c3ccc4ccccc4c3)c3ccc4cc(-n5c6cccc7c8ccccc8n8c(-c9ccccc9)nc9ccc5c(c76)c98)ccc4c3n2)cc1. The molecular formula is C53H31N5. The monoisotopic (exact) mass is 737 g/mol. The van der Waals surface area contributed by atoms with Crippen LogP contribution in [0.5, 0.6) is 0 Å². The molecule has 5 heteroatoms. The second-order valence-corrected chi connectivity index (χ2v) is 15.2. The second-order valence-electron chi connectivity index (χ2n) is 15.2. The highest BCUT2D eigenvalue weighted by molar-refractivity contribution is 6.30. The third-order valence-corrected chi connectivity index (χ3v) is 12.0. The molecule has 0 aliphatic rings. The summed E-state index contributed by atoms with van der Waals surface area (Å²) in [5.41, 5.74) is 11.7. The Balaban J connectivity index is 1.09. The number of nitrogens with zero attached hydrogens (tertiary/aromatic N) is 5. The van der Waals surface area contributed by atoms with Crippen molar-refractivity contribution < 1.29 is 0 Å². The summed E-state index contributed by atoms with van der Waals surface area (Å²) in [5, 5.41) is 10.5. The van der Waals surface area contributed by atoms with Gasteiger partial charge in [-0.05, 0) is 70.1 Å². The Labute approximate surface area is 332 Å². The molecule has 0 saturated heterocycles. The van der Waals surface area contributed by atoms with Gasteiger partial charge in [0.05, 0.1) is 38.8 Å². The first-order chi connectivity index (χ1) is 28.8. The quantitative estimate of drug-likeness (QED) is 0.169. The van der Waals surface area contributed by atoms with Crippen molar-refractivity contribution in [3.63, 3.8) is 0 Å². The van der Waals surface area contributed by atoms with Gasteiger partial charge in [-0.15, -0.1) is 0 Å². The summed E-state index contributed by atoms with van der Waals surface area (Å²) < 4.78 is 4.82. The molecule has 0 amide bonds. The summed E-state index contributed by atoms with van der Waals surface area (Å²) >= 11 is 0. The molecule has 0 bridgehead atoms. The van der Waals surface area contributed by atoms with Gasteiger partial charge in [0.25, 0.3) is 0 Å². The van der Waals surface area contributed by atoms with E-state index in [4.69, 9.17) is 15.0 Å². The lowest BCUT2D eigenvalue weighted by molar-refractivity contribution is 1.19. The lowest BCUT2D eigenvalue weighted by Crippen LogP contribution is -1.97. The van der Waals surface area contributed by atoms with Crippen molar-refractivity contribution in [2.45, 2.75) is 0 Å². The highest BCUT2D eigenvalue weighted by Crippen LogP contribution is 2.44. The van der Waals surface area contributed by atoms with Gasteiger partial charge in [-0.25, -0.2) is 15.0 Å². The zero-order chi connectivity index (χ0) is 37.9. The van der Waals surface area contributed by atoms with Crippen LogP contribution in [-0.2, 0) is 0 Å². The van der Waals surface area contributed by atoms with Crippen LogP contribution < -0.4 is 0 Å². The van der Waals surface area contributed by atoms with Crippen LogP contribution in [0.2, 0.25) is 0 Å². The first-order valence-corrected chi connectivity index (χ1v) is 19.7. The van der Waals surface area contributed by atoms with E-state index in [0.29, 0.717) is 5.82 Å². The number of para-hydroxylation sites is 1. The van der Waals surface area contributed by atoms with Crippen molar-refractivity contribution >= 4 is 81.6 Å². The van der Waals surface area contributed by atoms with E-state index >= 15 is 0 Å². The van der Waals surface area contributed by atoms with E-state index in [-0.39, 0.29) is 0 Å². The van der Waals surface area contributed by atoms with Crippen molar-refractivity contribution in [2.75, 3.05) is 0 Å². The van der Waals surface area contributed by atoms with E-state index < -0.39 is 0 Å². The molecule has 4 heterocycles. The molecule has 13 rings (SSSR count). The molecule has 9 aromatic carbocycles. The van der Waals surface area contributed by atoms with Gasteiger partial charge in [0.1, 0.15) is 5.82 Å². The number of hydrogen-bond acceptors (Lipinski definition) is 3. The van der Waals surface area contributed by atoms with E-state index in [1.165, 1.54) is 32.3 Å². The lowest BCUT2D eigenvalue weighted by atomic mass is 9.99. The Morgan fingerprint density at radius 3 is 1.97 bits per heavy atom. The lowest BCUT2D eigenvalue weighted by Gasteiger charge is -2.14. The fraction of sp³-hybridized carbons (Fsp3) is 0. The van der Waals surface area contributed by atoms with Gasteiger partial charge >= 0.3 is 0 Å². The number of aromatic nitrogens is 5. The van der Waals surface area contributed by atoms with Gasteiger partial charge in [-0.3, -0.25) is 4.40 Å². The number of imidazole rings is 1. The molecule has 0 radical (unpaired) electrons. The van der Waals surface area contributed by atoms with Crippen LogP contribution in [0.15, 0.2) is 188 Å². The van der Waals surface area contributed by atoms with Crippen LogP contribution in [0.4, 0.5) is 0 Å². The van der Waals surface area contributed by atoms with E-state index in [1.54, 1.807) is 0 Å². The minimum Gasteiger partial charge on any atom is -0.309 e. The smallest absolute Gasteiger partial charge is 0.160 e. The van der Waals surface area contributed by atoms with Crippen LogP contribution in [0.1, 0.15) is 0 Å². The van der Waals surface area contributed by atoms with E-state index in [2.05, 4.69) is 179 Å². The molecule has 58 heavy (non-hydrogen) atoms. The summed E-state index contributed by atoms with van der Waals surface area (Å²) in [6.07, 6.45) is 0. The number of fused-ring (bicyclic) bond motifs is 7. The minimum atomic E-state index is 0.716. The van der Waals surface area contributed by atoms with Gasteiger partial charge in [0.2, 0.25) is 0 Å². The molecule has 0 aliphatic carbocycles. The minimum absolute atomic E-state index is 0.716. The normalized spacial score (nSPS) is 12.1. The first kappa shape index (κ1) is 31.3. The molecule has 0 aliphatic heterocycles. The van der Waals surface area contributed by atoms with Crippen LogP contribution in [0.3, 0.4) is 0 Å². The predicted octanol–water partition coefficient (Wildman–Crippen LogP) is 13.4. The fourth-order valence-electron chi connectivity index (χ4n) is 9.44. The largest absolute Gasteiger partial charge is 0.309 e. The highest BCUT2D eigenvalue weighted by Gasteiger charge is 2.24. The number of benzene rings is 9. The molecule has 0 spiro atoms. The van der Waals surface area contributed by atoms with Crippen molar-refractivity contribution in [2.24, 2.45) is 0 Å². The Morgan fingerprint density at radius 2 is 1.09 bits per heavy atom. The summed E-state index contributed by atoms with van der Waals surface area (Å²) in [6.45, 7) is 0. The molecule has 268 valence electrons. The van der Waals surface area contributed by atoms with Crippen molar-refractivity contribution in [1.82, 2.24) is 23.9 Å². The second kappa shape index (κ2) is 11.8. The van der Waals surface area contributed by atoms with Gasteiger partial charge in [0.15, 0.2) is 5.82 Å². The summed E-state index contributed by atoms with van der Waals surface area (Å²) in [7, 11) is 0. The maximum absolute atomic E-state index is 5.31. The molecule has 0 N–H and O–H groups in total. The number of hydrogen-bond donors (Lipinski definition) is 0. The summed E-state index contributed by atoms with van der Waals surface area (Å²) in [6, 6.07) is 67.1. The highest BCUT2D eigenvalue weighted by atomic mass is 15.0. The molecular weight excluding hydrogens is 707 g/mol. The Morgan fingerprint density at radius 1 is 0.379 bits per heavy atom.